The van der Waals surface area contributed by atoms with Crippen molar-refractivity contribution in [3.05, 3.63) is 35.4 Å². The Labute approximate surface area is 118 Å². The van der Waals surface area contributed by atoms with Crippen LogP contribution in [0.2, 0.25) is 0 Å². The molecule has 104 valence electrons. The van der Waals surface area contributed by atoms with E-state index >= 15 is 0 Å². The lowest BCUT2D eigenvalue weighted by atomic mass is 10.0. The number of anilines is 1. The fourth-order valence-electron chi connectivity index (χ4n) is 2.48. The van der Waals surface area contributed by atoms with Crippen molar-refractivity contribution in [1.82, 2.24) is 10.2 Å². The van der Waals surface area contributed by atoms with Crippen molar-refractivity contribution in [3.63, 3.8) is 0 Å². The highest BCUT2D eigenvalue weighted by molar-refractivity contribution is 5.83. The van der Waals surface area contributed by atoms with Gasteiger partial charge in [0.05, 0.1) is 0 Å². The van der Waals surface area contributed by atoms with Crippen LogP contribution in [0.3, 0.4) is 0 Å². The third-order valence-corrected chi connectivity index (χ3v) is 3.43. The van der Waals surface area contributed by atoms with Gasteiger partial charge in [0.2, 0.25) is 0 Å². The number of nitrogens with one attached hydrogen (secondary N) is 1. The fraction of sp³-hybridized carbons (Fsp3) is 0.312. The van der Waals surface area contributed by atoms with Gasteiger partial charge in [-0.3, -0.25) is 5.10 Å². The Bertz CT molecular complexity index is 752. The molecule has 2 aromatic heterocycles. The second kappa shape index (κ2) is 4.71. The van der Waals surface area contributed by atoms with Crippen molar-refractivity contribution in [1.29, 1.82) is 0 Å². The van der Waals surface area contributed by atoms with E-state index in [1.807, 2.05) is 18.2 Å². The largest absolute Gasteiger partial charge is 0.454 e. The van der Waals surface area contributed by atoms with Crippen LogP contribution in [0.1, 0.15) is 25.0 Å². The standard InChI is InChI=1S/C16H19N3O/c1-9(2)6-12-15(18-19-16(12)17)14-8-11-7-10(3)4-5-13(11)20-14/h4-5,7-9H,6H2,1-3H3,(H3,17,18,19). The van der Waals surface area contributed by atoms with Gasteiger partial charge in [0.1, 0.15) is 17.1 Å². The van der Waals surface area contributed by atoms with E-state index in [0.717, 1.165) is 34.4 Å². The second-order valence-corrected chi connectivity index (χ2v) is 5.71. The second-order valence-electron chi connectivity index (χ2n) is 5.71. The van der Waals surface area contributed by atoms with Crippen molar-refractivity contribution in [2.24, 2.45) is 5.92 Å². The van der Waals surface area contributed by atoms with Crippen LogP contribution in [0.25, 0.3) is 22.4 Å². The van der Waals surface area contributed by atoms with Crippen LogP contribution in [0.4, 0.5) is 5.82 Å². The molecule has 0 aliphatic carbocycles. The molecule has 0 amide bonds. The van der Waals surface area contributed by atoms with E-state index in [1.54, 1.807) is 0 Å². The van der Waals surface area contributed by atoms with Crippen molar-refractivity contribution in [2.75, 3.05) is 5.73 Å². The van der Waals surface area contributed by atoms with E-state index in [2.05, 4.69) is 37.0 Å². The number of aryl methyl sites for hydroxylation is 1. The SMILES string of the molecule is Cc1ccc2oc(-c3[nH]nc(N)c3CC(C)C)cc2c1. The summed E-state index contributed by atoms with van der Waals surface area (Å²) in [6.45, 7) is 6.40. The number of H-pyrrole nitrogens is 1. The molecule has 0 fully saturated rings. The van der Waals surface area contributed by atoms with Gasteiger partial charge in [-0.15, -0.1) is 0 Å². The molecule has 2 heterocycles. The van der Waals surface area contributed by atoms with Gasteiger partial charge < -0.3 is 10.2 Å². The van der Waals surface area contributed by atoms with E-state index in [4.69, 9.17) is 10.2 Å². The van der Waals surface area contributed by atoms with Crippen LogP contribution in [-0.2, 0) is 6.42 Å². The lowest BCUT2D eigenvalue weighted by Gasteiger charge is -2.04. The fourth-order valence-corrected chi connectivity index (χ4v) is 2.48. The number of aromatic amines is 1. The molecule has 1 aromatic carbocycles. The van der Waals surface area contributed by atoms with Gasteiger partial charge in [-0.05, 0) is 37.5 Å². The van der Waals surface area contributed by atoms with Gasteiger partial charge in [0.15, 0.2) is 5.76 Å². The minimum absolute atomic E-state index is 0.514. The van der Waals surface area contributed by atoms with Gasteiger partial charge in [-0.25, -0.2) is 0 Å². The maximum atomic E-state index is 5.96. The van der Waals surface area contributed by atoms with Crippen LogP contribution >= 0.6 is 0 Å². The molecule has 0 atom stereocenters. The van der Waals surface area contributed by atoms with Gasteiger partial charge in [-0.2, -0.15) is 5.10 Å². The molecule has 3 rings (SSSR count). The first-order chi connectivity index (χ1) is 9.54. The number of nitrogens with two attached hydrogens (primary N) is 1. The van der Waals surface area contributed by atoms with Gasteiger partial charge >= 0.3 is 0 Å². The predicted octanol–water partition coefficient (Wildman–Crippen LogP) is 3.91. The highest BCUT2D eigenvalue weighted by Crippen LogP contribution is 2.32. The highest BCUT2D eigenvalue weighted by Gasteiger charge is 2.17. The van der Waals surface area contributed by atoms with E-state index in [9.17, 15) is 0 Å². The average Bonchev–Trinajstić information content (AvgIpc) is 2.93. The molecule has 0 aliphatic rings. The number of nitrogens with zero attached hydrogens (tertiary/aromatic N) is 1. The molecular formula is C16H19N3O. The number of hydrogen-bond acceptors (Lipinski definition) is 3. The van der Waals surface area contributed by atoms with Crippen molar-refractivity contribution in [3.8, 4) is 11.5 Å². The summed E-state index contributed by atoms with van der Waals surface area (Å²) in [6.07, 6.45) is 0.883. The third-order valence-electron chi connectivity index (χ3n) is 3.43. The molecule has 0 bridgehead atoms. The Kier molecular flexibility index (Phi) is 3.01. The maximum Gasteiger partial charge on any atom is 0.153 e. The van der Waals surface area contributed by atoms with Gasteiger partial charge in [-0.1, -0.05) is 25.5 Å². The van der Waals surface area contributed by atoms with E-state index in [0.29, 0.717) is 11.7 Å². The summed E-state index contributed by atoms with van der Waals surface area (Å²) in [5.41, 5.74) is 10.00. The Morgan fingerprint density at radius 3 is 2.85 bits per heavy atom. The number of rotatable bonds is 3. The van der Waals surface area contributed by atoms with Crippen molar-refractivity contribution in [2.45, 2.75) is 27.2 Å². The molecular weight excluding hydrogens is 250 g/mol. The van der Waals surface area contributed by atoms with Crippen LogP contribution in [0.5, 0.6) is 0 Å². The molecule has 0 unspecified atom stereocenters. The first kappa shape index (κ1) is 12.8. The Hall–Kier alpha value is -2.23. The normalized spacial score (nSPS) is 11.6. The maximum absolute atomic E-state index is 5.96. The Morgan fingerprint density at radius 2 is 2.10 bits per heavy atom. The van der Waals surface area contributed by atoms with Crippen LogP contribution in [0, 0.1) is 12.8 Å². The molecule has 4 nitrogen and oxygen atoms in total. The van der Waals surface area contributed by atoms with Crippen LogP contribution < -0.4 is 5.73 Å². The molecule has 20 heavy (non-hydrogen) atoms. The number of furan rings is 1. The lowest BCUT2D eigenvalue weighted by molar-refractivity contribution is 0.621. The zero-order chi connectivity index (χ0) is 14.3. The molecule has 0 aliphatic heterocycles. The average molecular weight is 269 g/mol. The first-order valence-electron chi connectivity index (χ1n) is 6.88. The summed E-state index contributed by atoms with van der Waals surface area (Å²) in [6, 6.07) is 8.20. The summed E-state index contributed by atoms with van der Waals surface area (Å²) in [7, 11) is 0. The lowest BCUT2D eigenvalue weighted by Crippen LogP contribution is -1.98. The smallest absolute Gasteiger partial charge is 0.153 e. The molecule has 0 spiro atoms. The predicted molar refractivity (Wildman–Crippen MR) is 81.5 cm³/mol. The van der Waals surface area contributed by atoms with Crippen LogP contribution in [-0.4, -0.2) is 10.2 Å². The minimum Gasteiger partial charge on any atom is -0.454 e. The molecule has 4 heteroatoms. The van der Waals surface area contributed by atoms with Gasteiger partial charge in [0, 0.05) is 10.9 Å². The number of benzene rings is 1. The minimum atomic E-state index is 0.514. The van der Waals surface area contributed by atoms with E-state index < -0.39 is 0 Å². The summed E-state index contributed by atoms with van der Waals surface area (Å²) in [4.78, 5) is 0. The number of aromatic nitrogens is 2. The topological polar surface area (TPSA) is 67.8 Å². The zero-order valence-electron chi connectivity index (χ0n) is 12.0. The quantitative estimate of drug-likeness (QED) is 0.757. The highest BCUT2D eigenvalue weighted by atomic mass is 16.3. The molecule has 0 saturated heterocycles. The molecule has 3 aromatic rings. The number of fused-ring (bicyclic) bond motifs is 1. The summed E-state index contributed by atoms with van der Waals surface area (Å²) >= 11 is 0. The summed E-state index contributed by atoms with van der Waals surface area (Å²) in [5.74, 6) is 1.87. The van der Waals surface area contributed by atoms with Crippen molar-refractivity contribution < 1.29 is 4.42 Å². The third kappa shape index (κ3) is 2.18. The zero-order valence-corrected chi connectivity index (χ0v) is 12.0. The Balaban J connectivity index is 2.11. The molecule has 0 saturated carbocycles. The first-order valence-corrected chi connectivity index (χ1v) is 6.88. The van der Waals surface area contributed by atoms with Crippen molar-refractivity contribution >= 4 is 16.8 Å². The monoisotopic (exact) mass is 269 g/mol. The molecule has 3 N–H and O–H groups in total. The number of nitrogen functional groups attached to an aromatic ring is 1. The number of hydrogen-bond donors (Lipinski definition) is 2. The van der Waals surface area contributed by atoms with E-state index in [-0.39, 0.29) is 0 Å². The van der Waals surface area contributed by atoms with Crippen LogP contribution in [0.15, 0.2) is 28.7 Å². The Morgan fingerprint density at radius 1 is 1.30 bits per heavy atom. The summed E-state index contributed by atoms with van der Waals surface area (Å²) in [5, 5.41) is 8.23. The summed E-state index contributed by atoms with van der Waals surface area (Å²) < 4.78 is 5.92. The van der Waals surface area contributed by atoms with E-state index in [1.165, 1.54) is 5.56 Å². The van der Waals surface area contributed by atoms with Gasteiger partial charge in [0.25, 0.3) is 0 Å². The molecule has 0 radical (unpaired) electrons.